The monoisotopic (exact) mass is 485 g/mol. The number of sulfonamides is 1. The van der Waals surface area contributed by atoms with E-state index in [1.807, 2.05) is 23.1 Å². The lowest BCUT2D eigenvalue weighted by atomic mass is 9.96. The first-order valence-corrected chi connectivity index (χ1v) is 13.2. The fourth-order valence-corrected chi connectivity index (χ4v) is 6.02. The van der Waals surface area contributed by atoms with E-state index in [0.29, 0.717) is 44.6 Å². The Morgan fingerprint density at radius 3 is 2.09 bits per heavy atom. The summed E-state index contributed by atoms with van der Waals surface area (Å²) in [6.45, 7) is 5.54. The van der Waals surface area contributed by atoms with Crippen molar-refractivity contribution in [2.75, 3.05) is 50.8 Å². The topological polar surface area (TPSA) is 87.2 Å². The summed E-state index contributed by atoms with van der Waals surface area (Å²) in [7, 11) is -3.68. The number of ether oxygens (including phenoxy) is 1. The molecule has 2 aliphatic heterocycles. The molecule has 2 aliphatic rings. The van der Waals surface area contributed by atoms with Crippen LogP contribution in [0.15, 0.2) is 59.5 Å². The van der Waals surface area contributed by atoms with Gasteiger partial charge in [0.05, 0.1) is 17.1 Å². The summed E-state index contributed by atoms with van der Waals surface area (Å²) in [5, 5.41) is 0. The van der Waals surface area contributed by atoms with Crippen molar-refractivity contribution in [3.05, 3.63) is 60.2 Å². The molecular weight excluding hydrogens is 454 g/mol. The van der Waals surface area contributed by atoms with E-state index < -0.39 is 16.0 Å². The molecule has 2 aromatic rings. The van der Waals surface area contributed by atoms with E-state index in [9.17, 15) is 18.0 Å². The molecule has 9 heteroatoms. The third-order valence-corrected chi connectivity index (χ3v) is 8.43. The minimum Gasteiger partial charge on any atom is -0.462 e. The van der Waals surface area contributed by atoms with Gasteiger partial charge in [-0.25, -0.2) is 13.2 Å². The lowest BCUT2D eigenvalue weighted by molar-refractivity contribution is -0.137. The third-order valence-electron chi connectivity index (χ3n) is 6.52. The standard InChI is InChI=1S/C25H31N3O5S/c1-2-33-25(30)21-8-10-23(11-9-21)34(31,32)28-14-12-20(13-15-28)24(29)27-18-16-26(17-19-27)22-6-4-3-5-7-22/h3-11,20H,2,12-19H2,1H3. The molecule has 2 heterocycles. The number of carbonyl (C=O) groups excluding carboxylic acids is 2. The lowest BCUT2D eigenvalue weighted by Crippen LogP contribution is -2.52. The molecule has 0 spiro atoms. The number of carbonyl (C=O) groups is 2. The molecule has 2 aromatic carbocycles. The van der Waals surface area contributed by atoms with Crippen LogP contribution < -0.4 is 4.90 Å². The van der Waals surface area contributed by atoms with E-state index in [1.54, 1.807) is 6.92 Å². The second-order valence-corrected chi connectivity index (χ2v) is 10.5. The SMILES string of the molecule is CCOC(=O)c1ccc(S(=O)(=O)N2CCC(C(=O)N3CCN(c4ccccc4)CC3)CC2)cc1. The Bertz CT molecular complexity index is 1090. The maximum Gasteiger partial charge on any atom is 0.338 e. The molecule has 2 fully saturated rings. The van der Waals surface area contributed by atoms with E-state index >= 15 is 0 Å². The normalized spacial score (nSPS) is 18.0. The van der Waals surface area contributed by atoms with Crippen molar-refractivity contribution in [2.24, 2.45) is 5.92 Å². The predicted octanol–water partition coefficient (Wildman–Crippen LogP) is 2.61. The number of rotatable bonds is 6. The van der Waals surface area contributed by atoms with Gasteiger partial charge in [-0.2, -0.15) is 4.31 Å². The van der Waals surface area contributed by atoms with Crippen LogP contribution >= 0.6 is 0 Å². The number of hydrogen-bond donors (Lipinski definition) is 0. The zero-order valence-corrected chi connectivity index (χ0v) is 20.2. The van der Waals surface area contributed by atoms with Gasteiger partial charge < -0.3 is 14.5 Å². The number of nitrogens with zero attached hydrogens (tertiary/aromatic N) is 3. The van der Waals surface area contributed by atoms with Gasteiger partial charge in [0, 0.05) is 50.9 Å². The van der Waals surface area contributed by atoms with E-state index in [0.717, 1.165) is 13.1 Å². The van der Waals surface area contributed by atoms with Crippen molar-refractivity contribution >= 4 is 27.6 Å². The first-order valence-electron chi connectivity index (χ1n) is 11.8. The number of piperazine rings is 1. The molecule has 8 nitrogen and oxygen atoms in total. The van der Waals surface area contributed by atoms with Gasteiger partial charge in [-0.1, -0.05) is 18.2 Å². The van der Waals surface area contributed by atoms with Crippen LogP contribution in [0.5, 0.6) is 0 Å². The van der Waals surface area contributed by atoms with Crippen LogP contribution in [0, 0.1) is 5.92 Å². The maximum atomic E-state index is 13.1. The highest BCUT2D eigenvalue weighted by Gasteiger charge is 2.34. The average molecular weight is 486 g/mol. The van der Waals surface area contributed by atoms with E-state index in [4.69, 9.17) is 4.74 Å². The molecule has 2 saturated heterocycles. The highest BCUT2D eigenvalue weighted by atomic mass is 32.2. The Hall–Kier alpha value is -2.91. The van der Waals surface area contributed by atoms with Gasteiger partial charge in [0.15, 0.2) is 0 Å². The summed E-state index contributed by atoms with van der Waals surface area (Å²) in [6.07, 6.45) is 1.02. The van der Waals surface area contributed by atoms with Gasteiger partial charge in [0.2, 0.25) is 15.9 Å². The summed E-state index contributed by atoms with van der Waals surface area (Å²) in [5.74, 6) is -0.500. The second-order valence-electron chi connectivity index (χ2n) is 8.57. The van der Waals surface area contributed by atoms with Crippen LogP contribution in [0.25, 0.3) is 0 Å². The Morgan fingerprint density at radius 2 is 1.50 bits per heavy atom. The van der Waals surface area contributed by atoms with Crippen molar-refractivity contribution in [3.63, 3.8) is 0 Å². The molecule has 0 unspecified atom stereocenters. The van der Waals surface area contributed by atoms with Crippen molar-refractivity contribution in [1.82, 2.24) is 9.21 Å². The molecule has 0 radical (unpaired) electrons. The maximum absolute atomic E-state index is 13.1. The number of piperidine rings is 1. The van der Waals surface area contributed by atoms with Crippen LogP contribution in [0.2, 0.25) is 0 Å². The van der Waals surface area contributed by atoms with Gasteiger partial charge in [-0.05, 0) is 56.2 Å². The van der Waals surface area contributed by atoms with E-state index in [-0.39, 0.29) is 23.3 Å². The zero-order valence-electron chi connectivity index (χ0n) is 19.4. The van der Waals surface area contributed by atoms with Gasteiger partial charge in [0.25, 0.3) is 0 Å². The number of anilines is 1. The molecule has 182 valence electrons. The van der Waals surface area contributed by atoms with Gasteiger partial charge in [-0.15, -0.1) is 0 Å². The molecule has 0 aromatic heterocycles. The predicted molar refractivity (Wildman–Crippen MR) is 129 cm³/mol. The minimum atomic E-state index is -3.68. The average Bonchev–Trinajstić information content (AvgIpc) is 2.89. The summed E-state index contributed by atoms with van der Waals surface area (Å²) in [6, 6.07) is 16.0. The molecule has 4 rings (SSSR count). The molecule has 0 bridgehead atoms. The quantitative estimate of drug-likeness (QED) is 0.585. The van der Waals surface area contributed by atoms with Gasteiger partial charge >= 0.3 is 5.97 Å². The number of amides is 1. The van der Waals surface area contributed by atoms with Crippen molar-refractivity contribution < 1.29 is 22.7 Å². The fourth-order valence-electron chi connectivity index (χ4n) is 4.55. The molecular formula is C25H31N3O5S. The summed E-state index contributed by atoms with van der Waals surface area (Å²) < 4.78 is 32.5. The van der Waals surface area contributed by atoms with E-state index in [2.05, 4.69) is 17.0 Å². The Balaban J connectivity index is 1.30. The van der Waals surface area contributed by atoms with Gasteiger partial charge in [0.1, 0.15) is 0 Å². The molecule has 0 N–H and O–H groups in total. The largest absolute Gasteiger partial charge is 0.462 e. The highest BCUT2D eigenvalue weighted by molar-refractivity contribution is 7.89. The molecule has 1 amide bonds. The van der Waals surface area contributed by atoms with Crippen molar-refractivity contribution in [2.45, 2.75) is 24.7 Å². The lowest BCUT2D eigenvalue weighted by Gasteiger charge is -2.39. The summed E-state index contributed by atoms with van der Waals surface area (Å²) in [4.78, 5) is 29.2. The zero-order chi connectivity index (χ0) is 24.1. The number of para-hydroxylation sites is 1. The first-order chi connectivity index (χ1) is 16.4. The third kappa shape index (κ3) is 5.26. The van der Waals surface area contributed by atoms with Crippen LogP contribution in [-0.2, 0) is 19.6 Å². The fraction of sp³-hybridized carbons (Fsp3) is 0.440. The summed E-state index contributed by atoms with van der Waals surface area (Å²) >= 11 is 0. The molecule has 0 aliphatic carbocycles. The van der Waals surface area contributed by atoms with Crippen molar-refractivity contribution in [1.29, 1.82) is 0 Å². The Morgan fingerprint density at radius 1 is 0.882 bits per heavy atom. The highest BCUT2D eigenvalue weighted by Crippen LogP contribution is 2.26. The minimum absolute atomic E-state index is 0.128. The summed E-state index contributed by atoms with van der Waals surface area (Å²) in [5.41, 5.74) is 1.49. The number of benzene rings is 2. The van der Waals surface area contributed by atoms with Crippen LogP contribution in [0.3, 0.4) is 0 Å². The first kappa shape index (κ1) is 24.2. The van der Waals surface area contributed by atoms with Crippen LogP contribution in [0.4, 0.5) is 5.69 Å². The van der Waals surface area contributed by atoms with Crippen LogP contribution in [0.1, 0.15) is 30.1 Å². The molecule has 34 heavy (non-hydrogen) atoms. The smallest absolute Gasteiger partial charge is 0.338 e. The Kier molecular flexibility index (Phi) is 7.53. The number of hydrogen-bond acceptors (Lipinski definition) is 6. The van der Waals surface area contributed by atoms with Gasteiger partial charge in [-0.3, -0.25) is 4.79 Å². The van der Waals surface area contributed by atoms with Crippen LogP contribution in [-0.4, -0.2) is 75.4 Å². The second kappa shape index (κ2) is 10.6. The Labute approximate surface area is 201 Å². The number of esters is 1. The molecule has 0 atom stereocenters. The molecule has 0 saturated carbocycles. The van der Waals surface area contributed by atoms with Crippen molar-refractivity contribution in [3.8, 4) is 0 Å². The van der Waals surface area contributed by atoms with E-state index in [1.165, 1.54) is 34.3 Å².